The van der Waals surface area contributed by atoms with E-state index in [0.29, 0.717) is 0 Å². The number of rotatable bonds is 2. The Morgan fingerprint density at radius 3 is 2.35 bits per heavy atom. The van der Waals surface area contributed by atoms with Crippen LogP contribution in [-0.2, 0) is 10.1 Å². The fourth-order valence-corrected chi connectivity index (χ4v) is 3.34. The molecule has 1 aromatic carbocycles. The highest BCUT2D eigenvalue weighted by Crippen LogP contribution is 2.33. The maximum absolute atomic E-state index is 9.41. The van der Waals surface area contributed by atoms with Gasteiger partial charge in [0.05, 0.1) is 22.5 Å². The summed E-state index contributed by atoms with van der Waals surface area (Å²) in [4.78, 5) is 2.26. The van der Waals surface area contributed by atoms with Crippen LogP contribution in [0.5, 0.6) is 0 Å². The highest BCUT2D eigenvalue weighted by Gasteiger charge is 2.38. The van der Waals surface area contributed by atoms with Crippen molar-refractivity contribution in [2.45, 2.75) is 44.2 Å². The molecule has 108 valence electrons. The van der Waals surface area contributed by atoms with Gasteiger partial charge in [0, 0.05) is 18.4 Å². The summed E-state index contributed by atoms with van der Waals surface area (Å²) in [7, 11) is 0. The van der Waals surface area contributed by atoms with E-state index in [2.05, 4.69) is 60.7 Å². The Labute approximate surface area is 129 Å². The van der Waals surface area contributed by atoms with Gasteiger partial charge in [-0.25, -0.2) is 0 Å². The van der Waals surface area contributed by atoms with Gasteiger partial charge in [0.25, 0.3) is 0 Å². The smallest absolute Gasteiger partial charge is 0.101 e. The molecule has 0 amide bonds. The molecule has 4 heteroatoms. The van der Waals surface area contributed by atoms with E-state index >= 15 is 0 Å². The second kappa shape index (κ2) is 5.38. The summed E-state index contributed by atoms with van der Waals surface area (Å²) in [6.45, 7) is 9.97. The average molecular weight is 337 g/mol. The Bertz CT molecular complexity index is 530. The van der Waals surface area contributed by atoms with E-state index < -0.39 is 0 Å². The topological polar surface area (TPSA) is 36.3 Å². The lowest BCUT2D eigenvalue weighted by Crippen LogP contribution is -2.57. The summed E-state index contributed by atoms with van der Waals surface area (Å²) in [5.74, 6) is 0. The Morgan fingerprint density at radius 2 is 1.85 bits per heavy atom. The summed E-state index contributed by atoms with van der Waals surface area (Å²) >= 11 is 3.43. The van der Waals surface area contributed by atoms with Crippen LogP contribution in [0.3, 0.4) is 0 Å². The van der Waals surface area contributed by atoms with Crippen molar-refractivity contribution in [1.82, 2.24) is 0 Å². The fraction of sp³-hybridized carbons (Fsp3) is 0.562. The summed E-state index contributed by atoms with van der Waals surface area (Å²) < 4.78 is 6.10. The van der Waals surface area contributed by atoms with Crippen LogP contribution in [0, 0.1) is 11.3 Å². The number of halogens is 1. The second-order valence-electron chi connectivity index (χ2n) is 6.57. The molecule has 1 heterocycles. The summed E-state index contributed by atoms with van der Waals surface area (Å²) in [6, 6.07) is 8.39. The minimum Gasteiger partial charge on any atom is -0.366 e. The van der Waals surface area contributed by atoms with Crippen molar-refractivity contribution >= 4 is 21.6 Å². The third-order valence-corrected chi connectivity index (χ3v) is 4.02. The maximum atomic E-state index is 9.41. The molecule has 1 aliphatic heterocycles. The van der Waals surface area contributed by atoms with Gasteiger partial charge in [-0.15, -0.1) is 0 Å². The fourth-order valence-electron chi connectivity index (χ4n) is 2.99. The minimum absolute atomic E-state index is 0.220. The molecule has 0 unspecified atom stereocenters. The molecule has 1 aliphatic rings. The first-order valence-corrected chi connectivity index (χ1v) is 7.93. The average Bonchev–Trinajstić information content (AvgIpc) is 2.34. The van der Waals surface area contributed by atoms with Crippen LogP contribution in [0.25, 0.3) is 0 Å². The number of nitriles is 1. The first-order chi connectivity index (χ1) is 9.26. The standard InChI is InChI=1S/C16H21BrN2O/c1-15(2)10-19(11-16(3,4)20-15)14-6-5-12(8-17)7-13(14)9-18/h5-7H,8,10-11H2,1-4H3. The largest absolute Gasteiger partial charge is 0.366 e. The van der Waals surface area contributed by atoms with Crippen molar-refractivity contribution in [1.29, 1.82) is 5.26 Å². The maximum Gasteiger partial charge on any atom is 0.101 e. The molecule has 1 fully saturated rings. The van der Waals surface area contributed by atoms with E-state index in [1.165, 1.54) is 0 Å². The molecule has 0 atom stereocenters. The summed E-state index contributed by atoms with van der Waals surface area (Å²) in [6.07, 6.45) is 0. The van der Waals surface area contributed by atoms with E-state index in [0.717, 1.165) is 35.2 Å². The van der Waals surface area contributed by atoms with Gasteiger partial charge in [-0.3, -0.25) is 0 Å². The lowest BCUT2D eigenvalue weighted by molar-refractivity contribution is -0.133. The van der Waals surface area contributed by atoms with E-state index in [9.17, 15) is 5.26 Å². The molecule has 0 aromatic heterocycles. The highest BCUT2D eigenvalue weighted by molar-refractivity contribution is 9.08. The van der Waals surface area contributed by atoms with Gasteiger partial charge in [0.2, 0.25) is 0 Å². The van der Waals surface area contributed by atoms with Crippen molar-refractivity contribution in [3.05, 3.63) is 29.3 Å². The van der Waals surface area contributed by atoms with E-state index in [1.807, 2.05) is 12.1 Å². The predicted octanol–water partition coefficient (Wildman–Crippen LogP) is 3.85. The van der Waals surface area contributed by atoms with E-state index in [1.54, 1.807) is 0 Å². The molecule has 20 heavy (non-hydrogen) atoms. The molecule has 0 aliphatic carbocycles. The monoisotopic (exact) mass is 336 g/mol. The first-order valence-electron chi connectivity index (χ1n) is 6.80. The van der Waals surface area contributed by atoms with Crippen molar-refractivity contribution in [3.8, 4) is 6.07 Å². The quantitative estimate of drug-likeness (QED) is 0.769. The predicted molar refractivity (Wildman–Crippen MR) is 85.2 cm³/mol. The molecule has 1 saturated heterocycles. The van der Waals surface area contributed by atoms with Crippen LogP contribution < -0.4 is 4.90 Å². The van der Waals surface area contributed by atoms with Gasteiger partial charge >= 0.3 is 0 Å². The number of morpholine rings is 1. The van der Waals surface area contributed by atoms with Gasteiger partial charge in [-0.05, 0) is 45.4 Å². The minimum atomic E-state index is -0.220. The highest BCUT2D eigenvalue weighted by atomic mass is 79.9. The van der Waals surface area contributed by atoms with Crippen LogP contribution in [0.2, 0.25) is 0 Å². The van der Waals surface area contributed by atoms with Crippen molar-refractivity contribution in [2.24, 2.45) is 0 Å². The van der Waals surface area contributed by atoms with E-state index in [4.69, 9.17) is 4.74 Å². The van der Waals surface area contributed by atoms with Crippen molar-refractivity contribution in [3.63, 3.8) is 0 Å². The molecule has 0 bridgehead atoms. The number of nitrogens with zero attached hydrogens (tertiary/aromatic N) is 2. The molecule has 3 nitrogen and oxygen atoms in total. The number of hydrogen-bond donors (Lipinski definition) is 0. The zero-order chi connectivity index (χ0) is 15.0. The SMILES string of the molecule is CC1(C)CN(c2ccc(CBr)cc2C#N)CC(C)(C)O1. The molecule has 0 N–H and O–H groups in total. The zero-order valence-electron chi connectivity index (χ0n) is 12.5. The van der Waals surface area contributed by atoms with Crippen molar-refractivity contribution < 1.29 is 4.74 Å². The Hall–Kier alpha value is -1.05. The van der Waals surface area contributed by atoms with Gasteiger partial charge in [-0.2, -0.15) is 5.26 Å². The van der Waals surface area contributed by atoms with Crippen LogP contribution in [0.1, 0.15) is 38.8 Å². The normalized spacial score (nSPS) is 20.5. The van der Waals surface area contributed by atoms with Gasteiger partial charge < -0.3 is 9.64 Å². The third-order valence-electron chi connectivity index (χ3n) is 3.37. The first kappa shape index (κ1) is 15.3. The van der Waals surface area contributed by atoms with Gasteiger partial charge in [0.15, 0.2) is 0 Å². The van der Waals surface area contributed by atoms with Crippen LogP contribution >= 0.6 is 15.9 Å². The molecule has 0 spiro atoms. The summed E-state index contributed by atoms with van der Waals surface area (Å²) in [5.41, 5.74) is 2.42. The Kier molecular flexibility index (Phi) is 4.13. The molecular weight excluding hydrogens is 316 g/mol. The summed E-state index contributed by atoms with van der Waals surface area (Å²) in [5, 5.41) is 10.2. The number of benzene rings is 1. The van der Waals surface area contributed by atoms with Gasteiger partial charge in [-0.1, -0.05) is 22.0 Å². The Morgan fingerprint density at radius 1 is 1.25 bits per heavy atom. The molecular formula is C16H21BrN2O. The lowest BCUT2D eigenvalue weighted by atomic mass is 9.97. The van der Waals surface area contributed by atoms with Crippen LogP contribution in [0.4, 0.5) is 5.69 Å². The van der Waals surface area contributed by atoms with Crippen LogP contribution in [0.15, 0.2) is 18.2 Å². The molecule has 0 saturated carbocycles. The number of alkyl halides is 1. The van der Waals surface area contributed by atoms with Crippen molar-refractivity contribution in [2.75, 3.05) is 18.0 Å². The second-order valence-corrected chi connectivity index (χ2v) is 7.14. The number of hydrogen-bond acceptors (Lipinski definition) is 3. The van der Waals surface area contributed by atoms with Crippen LogP contribution in [-0.4, -0.2) is 24.3 Å². The zero-order valence-corrected chi connectivity index (χ0v) is 14.1. The molecule has 1 aromatic rings. The van der Waals surface area contributed by atoms with Gasteiger partial charge in [0.1, 0.15) is 6.07 Å². The third kappa shape index (κ3) is 3.34. The van der Waals surface area contributed by atoms with E-state index in [-0.39, 0.29) is 11.2 Å². The number of anilines is 1. The molecule has 0 radical (unpaired) electrons. The number of ether oxygens (including phenoxy) is 1. The lowest BCUT2D eigenvalue weighted by Gasteiger charge is -2.48. The Balaban J connectivity index is 2.38. The molecule has 2 rings (SSSR count).